The maximum absolute atomic E-state index is 12.9. The van der Waals surface area contributed by atoms with Crippen molar-refractivity contribution in [2.75, 3.05) is 12.0 Å². The van der Waals surface area contributed by atoms with Crippen LogP contribution in [0.2, 0.25) is 5.02 Å². The van der Waals surface area contributed by atoms with Crippen LogP contribution >= 0.6 is 11.6 Å². The third-order valence-electron chi connectivity index (χ3n) is 4.45. The molecule has 0 radical (unpaired) electrons. The first-order valence-corrected chi connectivity index (χ1v) is 8.40. The zero-order chi connectivity index (χ0) is 18.3. The Bertz CT molecular complexity index is 882. The van der Waals surface area contributed by atoms with Gasteiger partial charge >= 0.3 is 0 Å². The highest BCUT2D eigenvalue weighted by molar-refractivity contribution is 6.30. The van der Waals surface area contributed by atoms with Crippen molar-refractivity contribution in [3.63, 3.8) is 0 Å². The first-order valence-electron chi connectivity index (χ1n) is 8.02. The number of nitrogens with zero attached hydrogens (tertiary/aromatic N) is 4. The number of hydrogen-bond acceptors (Lipinski definition) is 6. The van der Waals surface area contributed by atoms with Crippen LogP contribution in [-0.2, 0) is 16.1 Å². The van der Waals surface area contributed by atoms with E-state index in [4.69, 9.17) is 16.3 Å². The number of amides is 2. The number of anilines is 1. The third-order valence-corrected chi connectivity index (χ3v) is 4.70. The van der Waals surface area contributed by atoms with Gasteiger partial charge in [0.15, 0.2) is 12.1 Å². The van der Waals surface area contributed by atoms with E-state index in [0.717, 1.165) is 5.56 Å². The fraction of sp³-hybridized carbons (Fsp3) is 0.222. The predicted octanol–water partition coefficient (Wildman–Crippen LogP) is 2.84. The van der Waals surface area contributed by atoms with Crippen LogP contribution in [0.4, 0.5) is 5.69 Å². The Morgan fingerprint density at radius 1 is 1.04 bits per heavy atom. The average molecular weight is 371 g/mol. The molecular formula is C18H15ClN4O3. The van der Waals surface area contributed by atoms with Gasteiger partial charge in [-0.1, -0.05) is 29.0 Å². The molecule has 7 nitrogen and oxygen atoms in total. The average Bonchev–Trinajstić information content (AvgIpc) is 3.17. The number of hydrogen-bond donors (Lipinski definition) is 0. The van der Waals surface area contributed by atoms with Crippen LogP contribution in [0.3, 0.4) is 0 Å². The summed E-state index contributed by atoms with van der Waals surface area (Å²) in [6.45, 7) is 0.372. The highest BCUT2D eigenvalue weighted by Crippen LogP contribution is 2.33. The van der Waals surface area contributed by atoms with Crippen molar-refractivity contribution >= 4 is 29.1 Å². The van der Waals surface area contributed by atoms with Gasteiger partial charge in [-0.2, -0.15) is 5.11 Å². The molecule has 0 aliphatic carbocycles. The molecule has 1 saturated heterocycles. The number of halogens is 1. The monoisotopic (exact) mass is 370 g/mol. The molecule has 4 rings (SSSR count). The third kappa shape index (κ3) is 2.70. The van der Waals surface area contributed by atoms with Gasteiger partial charge < -0.3 is 4.74 Å². The van der Waals surface area contributed by atoms with E-state index in [1.165, 1.54) is 4.90 Å². The number of imide groups is 1. The molecule has 1 fully saturated rings. The molecule has 132 valence electrons. The first kappa shape index (κ1) is 16.5. The van der Waals surface area contributed by atoms with Crippen molar-refractivity contribution in [3.05, 3.63) is 59.1 Å². The quantitative estimate of drug-likeness (QED) is 0.775. The maximum atomic E-state index is 12.9. The summed E-state index contributed by atoms with van der Waals surface area (Å²) >= 11 is 5.90. The van der Waals surface area contributed by atoms with Crippen LogP contribution in [0.5, 0.6) is 5.75 Å². The Morgan fingerprint density at radius 2 is 1.73 bits per heavy atom. The topological polar surface area (TPSA) is 74.6 Å². The maximum Gasteiger partial charge on any atom is 0.263 e. The summed E-state index contributed by atoms with van der Waals surface area (Å²) in [5.41, 5.74) is 1.42. The van der Waals surface area contributed by atoms with Crippen molar-refractivity contribution in [1.29, 1.82) is 0 Å². The second-order valence-corrected chi connectivity index (χ2v) is 6.46. The predicted molar refractivity (Wildman–Crippen MR) is 94.9 cm³/mol. The van der Waals surface area contributed by atoms with Gasteiger partial charge in [0, 0.05) is 5.02 Å². The van der Waals surface area contributed by atoms with Crippen LogP contribution in [0.15, 0.2) is 58.9 Å². The lowest BCUT2D eigenvalue weighted by atomic mass is 10.1. The molecule has 0 aromatic heterocycles. The lowest BCUT2D eigenvalue weighted by Gasteiger charge is -2.20. The molecule has 0 spiro atoms. The Morgan fingerprint density at radius 3 is 2.38 bits per heavy atom. The molecule has 2 aromatic carbocycles. The van der Waals surface area contributed by atoms with Gasteiger partial charge in [-0.3, -0.25) is 14.6 Å². The highest BCUT2D eigenvalue weighted by atomic mass is 35.5. The van der Waals surface area contributed by atoms with E-state index < -0.39 is 12.1 Å². The van der Waals surface area contributed by atoms with Crippen LogP contribution in [0.25, 0.3) is 0 Å². The van der Waals surface area contributed by atoms with Crippen LogP contribution in [0.1, 0.15) is 5.56 Å². The Kier molecular flexibility index (Phi) is 4.08. The Balaban J connectivity index is 1.57. The summed E-state index contributed by atoms with van der Waals surface area (Å²) in [7, 11) is 1.56. The number of fused-ring (bicyclic) bond motifs is 1. The largest absolute Gasteiger partial charge is 0.497 e. The minimum Gasteiger partial charge on any atom is -0.497 e. The van der Waals surface area contributed by atoms with E-state index in [2.05, 4.69) is 10.3 Å². The zero-order valence-electron chi connectivity index (χ0n) is 13.9. The number of benzene rings is 2. The fourth-order valence-corrected chi connectivity index (χ4v) is 3.24. The number of ether oxygens (including phenoxy) is 1. The van der Waals surface area contributed by atoms with Crippen LogP contribution < -0.4 is 9.64 Å². The standard InChI is InChI=1S/C18H15ClN4O3/c1-26-14-8-6-13(7-9-14)23-17(24)15-16(18(23)25)22(21-20-15)10-11-2-4-12(19)5-3-11/h2-9,15-16H,10H2,1H3/t15-,16-/m0/s1. The molecule has 26 heavy (non-hydrogen) atoms. The minimum absolute atomic E-state index is 0.330. The molecule has 0 saturated carbocycles. The highest BCUT2D eigenvalue weighted by Gasteiger charge is 2.54. The summed E-state index contributed by atoms with van der Waals surface area (Å²) in [6.07, 6.45) is 0. The van der Waals surface area contributed by atoms with Gasteiger partial charge in [-0.25, -0.2) is 4.90 Å². The minimum atomic E-state index is -0.808. The second kappa shape index (κ2) is 6.42. The zero-order valence-corrected chi connectivity index (χ0v) is 14.6. The first-order chi connectivity index (χ1) is 12.6. The number of carbonyl (C=O) groups excluding carboxylic acids is 2. The van der Waals surface area contributed by atoms with Crippen LogP contribution in [0, 0.1) is 0 Å². The van der Waals surface area contributed by atoms with E-state index in [-0.39, 0.29) is 11.8 Å². The van der Waals surface area contributed by atoms with Gasteiger partial charge in [0.05, 0.1) is 19.3 Å². The van der Waals surface area contributed by atoms with E-state index >= 15 is 0 Å². The van der Waals surface area contributed by atoms with Gasteiger partial charge in [0.2, 0.25) is 0 Å². The van der Waals surface area contributed by atoms with Gasteiger partial charge in [-0.15, -0.1) is 0 Å². The van der Waals surface area contributed by atoms with Crippen molar-refractivity contribution in [1.82, 2.24) is 5.01 Å². The van der Waals surface area contributed by atoms with Crippen molar-refractivity contribution in [2.24, 2.45) is 10.3 Å². The van der Waals surface area contributed by atoms with E-state index in [1.807, 2.05) is 12.1 Å². The van der Waals surface area contributed by atoms with E-state index in [1.54, 1.807) is 48.5 Å². The lowest BCUT2D eigenvalue weighted by Crippen LogP contribution is -2.39. The molecule has 8 heteroatoms. The van der Waals surface area contributed by atoms with E-state index in [0.29, 0.717) is 23.0 Å². The van der Waals surface area contributed by atoms with E-state index in [9.17, 15) is 9.59 Å². The molecule has 2 heterocycles. The summed E-state index contributed by atoms with van der Waals surface area (Å²) in [6, 6.07) is 12.5. The molecule has 2 atom stereocenters. The summed E-state index contributed by atoms with van der Waals surface area (Å²) in [4.78, 5) is 26.7. The normalized spacial score (nSPS) is 21.5. The summed E-state index contributed by atoms with van der Waals surface area (Å²) < 4.78 is 5.11. The Labute approximate surface area is 154 Å². The van der Waals surface area contributed by atoms with Crippen molar-refractivity contribution in [2.45, 2.75) is 18.6 Å². The van der Waals surface area contributed by atoms with Crippen LogP contribution in [-0.4, -0.2) is 36.0 Å². The SMILES string of the molecule is COc1ccc(N2C(=O)[C@H]3N=NN(Cc4ccc(Cl)cc4)[C@@H]3C2=O)cc1. The molecule has 0 unspecified atom stereocenters. The molecule has 0 bridgehead atoms. The number of carbonyl (C=O) groups is 2. The summed E-state index contributed by atoms with van der Waals surface area (Å²) in [5.74, 6) is -0.0475. The second-order valence-electron chi connectivity index (χ2n) is 6.03. The lowest BCUT2D eigenvalue weighted by molar-refractivity contribution is -0.123. The van der Waals surface area contributed by atoms with Gasteiger partial charge in [-0.05, 0) is 42.0 Å². The smallest absolute Gasteiger partial charge is 0.263 e. The fourth-order valence-electron chi connectivity index (χ4n) is 3.12. The molecule has 2 amide bonds. The van der Waals surface area contributed by atoms with Crippen molar-refractivity contribution in [3.8, 4) is 5.75 Å². The molecule has 2 aliphatic heterocycles. The van der Waals surface area contributed by atoms with Crippen molar-refractivity contribution < 1.29 is 14.3 Å². The summed E-state index contributed by atoms with van der Waals surface area (Å²) in [5, 5.41) is 10.2. The van der Waals surface area contributed by atoms with Gasteiger partial charge in [0.1, 0.15) is 5.75 Å². The number of methoxy groups -OCH3 is 1. The molecule has 2 aromatic rings. The molecule has 2 aliphatic rings. The molecular weight excluding hydrogens is 356 g/mol. The van der Waals surface area contributed by atoms with Gasteiger partial charge in [0.25, 0.3) is 11.8 Å². The number of rotatable bonds is 4. The Hall–Kier alpha value is -2.93. The molecule has 0 N–H and O–H groups in total.